The first-order valence-electron chi connectivity index (χ1n) is 10.2. The number of rotatable bonds is 4. The van der Waals surface area contributed by atoms with E-state index in [1.165, 1.54) is 5.69 Å². The molecule has 2 aliphatic heterocycles. The molecule has 2 fully saturated rings. The largest absolute Gasteiger partial charge is 0.373 e. The second-order valence-corrected chi connectivity index (χ2v) is 8.36. The molecule has 1 spiro atoms. The van der Waals surface area contributed by atoms with E-state index in [2.05, 4.69) is 41.4 Å². The van der Waals surface area contributed by atoms with Gasteiger partial charge in [0.1, 0.15) is 0 Å². The Morgan fingerprint density at radius 2 is 1.96 bits per heavy atom. The van der Waals surface area contributed by atoms with E-state index < -0.39 is 0 Å². The molecule has 2 aliphatic rings. The lowest BCUT2D eigenvalue weighted by molar-refractivity contribution is -0.0393. The van der Waals surface area contributed by atoms with Crippen LogP contribution in [0.25, 0.3) is 0 Å². The number of carbonyl (C=O) groups excluding carboxylic acids is 1. The minimum Gasteiger partial charge on any atom is -0.373 e. The maximum atomic E-state index is 12.7. The number of likely N-dealkylation sites (tertiary alicyclic amines) is 1. The quantitative estimate of drug-likeness (QED) is 0.806. The van der Waals surface area contributed by atoms with E-state index in [1.54, 1.807) is 6.07 Å². The molecule has 0 N–H and O–H groups in total. The van der Waals surface area contributed by atoms with Crippen LogP contribution in [0.15, 0.2) is 40.9 Å². The molecule has 4 rings (SSSR count). The van der Waals surface area contributed by atoms with Crippen molar-refractivity contribution in [1.82, 2.24) is 10.1 Å². The average molecular weight is 383 g/mol. The highest BCUT2D eigenvalue weighted by Crippen LogP contribution is 2.38. The van der Waals surface area contributed by atoms with Crippen molar-refractivity contribution in [2.75, 3.05) is 31.6 Å². The third kappa shape index (κ3) is 3.65. The third-order valence-electron chi connectivity index (χ3n) is 6.19. The number of aromatic nitrogens is 1. The van der Waals surface area contributed by atoms with Gasteiger partial charge < -0.3 is 19.1 Å². The summed E-state index contributed by atoms with van der Waals surface area (Å²) in [5.41, 5.74) is 1.92. The van der Waals surface area contributed by atoms with Crippen LogP contribution in [0.5, 0.6) is 0 Å². The summed E-state index contributed by atoms with van der Waals surface area (Å²) in [5.74, 6) is 0.527. The molecule has 6 nitrogen and oxygen atoms in total. The Labute approximate surface area is 166 Å². The molecule has 0 aliphatic carbocycles. The maximum absolute atomic E-state index is 12.7. The van der Waals surface area contributed by atoms with Gasteiger partial charge in [0.25, 0.3) is 5.91 Å². The van der Waals surface area contributed by atoms with Crippen LogP contribution >= 0.6 is 0 Å². The van der Waals surface area contributed by atoms with E-state index in [0.29, 0.717) is 24.9 Å². The molecule has 2 aromatic rings. The zero-order chi connectivity index (χ0) is 19.7. The van der Waals surface area contributed by atoms with Crippen LogP contribution < -0.4 is 4.90 Å². The number of anilines is 1. The van der Waals surface area contributed by atoms with Crippen LogP contribution in [0, 0.1) is 0 Å². The highest BCUT2D eigenvalue weighted by Gasteiger charge is 2.45. The molecule has 1 aromatic carbocycles. The van der Waals surface area contributed by atoms with Crippen LogP contribution in [0.1, 0.15) is 55.3 Å². The topological polar surface area (TPSA) is 58.8 Å². The van der Waals surface area contributed by atoms with Crippen molar-refractivity contribution in [2.24, 2.45) is 0 Å². The molecule has 150 valence electrons. The van der Waals surface area contributed by atoms with Gasteiger partial charge in [-0.3, -0.25) is 4.79 Å². The molecule has 3 heterocycles. The van der Waals surface area contributed by atoms with Crippen molar-refractivity contribution in [3.8, 4) is 0 Å². The number of ether oxygens (including phenoxy) is 1. The fraction of sp³-hybridized carbons (Fsp3) is 0.545. The Morgan fingerprint density at radius 3 is 2.61 bits per heavy atom. The van der Waals surface area contributed by atoms with Crippen molar-refractivity contribution >= 4 is 11.6 Å². The molecule has 6 heteroatoms. The predicted molar refractivity (Wildman–Crippen MR) is 108 cm³/mol. The van der Waals surface area contributed by atoms with Crippen molar-refractivity contribution in [3.05, 3.63) is 47.9 Å². The number of para-hydroxylation sites is 1. The average Bonchev–Trinajstić information content (AvgIpc) is 3.36. The zero-order valence-corrected chi connectivity index (χ0v) is 16.9. The minimum atomic E-state index is -0.116. The monoisotopic (exact) mass is 383 g/mol. The standard InChI is InChI=1S/C22H29N3O3/c1-16(2)19-13-20(28-23-19)21(26)25-11-9-22(10-12-25)14-18(15-27-22)24(3)17-7-5-4-6-8-17/h4-8,13,16,18H,9-12,14-15H2,1-3H3. The lowest BCUT2D eigenvalue weighted by Crippen LogP contribution is -2.47. The van der Waals surface area contributed by atoms with E-state index in [9.17, 15) is 4.79 Å². The highest BCUT2D eigenvalue weighted by molar-refractivity contribution is 5.91. The second-order valence-electron chi connectivity index (χ2n) is 8.36. The Balaban J connectivity index is 1.35. The molecule has 0 bridgehead atoms. The summed E-state index contributed by atoms with van der Waals surface area (Å²) >= 11 is 0. The van der Waals surface area contributed by atoms with Gasteiger partial charge >= 0.3 is 0 Å². The van der Waals surface area contributed by atoms with Crippen LogP contribution in [0.2, 0.25) is 0 Å². The Kier molecular flexibility index (Phi) is 5.15. The number of hydrogen-bond donors (Lipinski definition) is 0. The number of piperidine rings is 1. The minimum absolute atomic E-state index is 0.0646. The molecule has 0 saturated carbocycles. The fourth-order valence-corrected chi connectivity index (χ4v) is 4.23. The number of hydrogen-bond acceptors (Lipinski definition) is 5. The summed E-state index contributed by atoms with van der Waals surface area (Å²) in [5, 5.41) is 4.01. The van der Waals surface area contributed by atoms with Crippen LogP contribution in [0.4, 0.5) is 5.69 Å². The highest BCUT2D eigenvalue weighted by atomic mass is 16.5. The first-order chi connectivity index (χ1) is 13.5. The fourth-order valence-electron chi connectivity index (χ4n) is 4.23. The SMILES string of the molecule is CC(C)c1cc(C(=O)N2CCC3(CC2)CC(N(C)c2ccccc2)CO3)on1. The van der Waals surface area contributed by atoms with Crippen molar-refractivity contribution in [2.45, 2.75) is 50.7 Å². The van der Waals surface area contributed by atoms with Gasteiger partial charge in [-0.2, -0.15) is 0 Å². The molecule has 1 atom stereocenters. The van der Waals surface area contributed by atoms with E-state index in [0.717, 1.165) is 31.6 Å². The van der Waals surface area contributed by atoms with E-state index >= 15 is 0 Å². The first-order valence-corrected chi connectivity index (χ1v) is 10.2. The predicted octanol–water partition coefficient (Wildman–Crippen LogP) is 3.70. The number of carbonyl (C=O) groups is 1. The Hall–Kier alpha value is -2.34. The normalized spacial score (nSPS) is 21.4. The zero-order valence-electron chi connectivity index (χ0n) is 16.9. The van der Waals surface area contributed by atoms with Crippen LogP contribution in [-0.2, 0) is 4.74 Å². The summed E-state index contributed by atoms with van der Waals surface area (Å²) in [6.45, 7) is 6.20. The number of nitrogens with zero attached hydrogens (tertiary/aromatic N) is 3. The molecular weight excluding hydrogens is 354 g/mol. The van der Waals surface area contributed by atoms with Crippen LogP contribution in [0.3, 0.4) is 0 Å². The summed E-state index contributed by atoms with van der Waals surface area (Å²) in [6.07, 6.45) is 2.73. The van der Waals surface area contributed by atoms with Gasteiger partial charge in [0.2, 0.25) is 5.76 Å². The smallest absolute Gasteiger partial charge is 0.292 e. The molecule has 1 aromatic heterocycles. The summed E-state index contributed by atoms with van der Waals surface area (Å²) in [7, 11) is 2.14. The van der Waals surface area contributed by atoms with E-state index in [1.807, 2.05) is 24.8 Å². The third-order valence-corrected chi connectivity index (χ3v) is 6.19. The maximum Gasteiger partial charge on any atom is 0.292 e. The lowest BCUT2D eigenvalue weighted by atomic mass is 9.87. The second kappa shape index (κ2) is 7.59. The van der Waals surface area contributed by atoms with Gasteiger partial charge in [-0.25, -0.2) is 0 Å². The molecular formula is C22H29N3O3. The van der Waals surface area contributed by atoms with Gasteiger partial charge in [0.15, 0.2) is 0 Å². The summed E-state index contributed by atoms with van der Waals surface area (Å²) in [6, 6.07) is 12.6. The molecule has 1 unspecified atom stereocenters. The Morgan fingerprint density at radius 1 is 1.25 bits per heavy atom. The van der Waals surface area contributed by atoms with Gasteiger partial charge in [0.05, 0.1) is 23.9 Å². The van der Waals surface area contributed by atoms with Crippen LogP contribution in [-0.4, -0.2) is 54.4 Å². The molecule has 1 amide bonds. The molecule has 2 saturated heterocycles. The van der Waals surface area contributed by atoms with Gasteiger partial charge in [-0.15, -0.1) is 0 Å². The van der Waals surface area contributed by atoms with Crippen molar-refractivity contribution < 1.29 is 14.1 Å². The lowest BCUT2D eigenvalue weighted by Gasteiger charge is -2.38. The first kappa shape index (κ1) is 19.0. The van der Waals surface area contributed by atoms with Gasteiger partial charge in [-0.1, -0.05) is 37.2 Å². The van der Waals surface area contributed by atoms with Gasteiger partial charge in [0, 0.05) is 31.9 Å². The van der Waals surface area contributed by atoms with Crippen molar-refractivity contribution in [1.29, 1.82) is 0 Å². The van der Waals surface area contributed by atoms with E-state index in [4.69, 9.17) is 9.26 Å². The number of amides is 1. The molecule has 28 heavy (non-hydrogen) atoms. The Bertz CT molecular complexity index is 809. The van der Waals surface area contributed by atoms with Crippen molar-refractivity contribution in [3.63, 3.8) is 0 Å². The van der Waals surface area contributed by atoms with Gasteiger partial charge in [-0.05, 0) is 37.3 Å². The summed E-state index contributed by atoms with van der Waals surface area (Å²) < 4.78 is 11.6. The number of benzene rings is 1. The van der Waals surface area contributed by atoms with E-state index in [-0.39, 0.29) is 17.4 Å². The summed E-state index contributed by atoms with van der Waals surface area (Å²) in [4.78, 5) is 16.9. The number of likely N-dealkylation sites (N-methyl/N-ethyl adjacent to an activating group) is 1. The molecule has 0 radical (unpaired) electrons.